The van der Waals surface area contributed by atoms with Crippen molar-refractivity contribution in [2.45, 2.75) is 13.8 Å². The van der Waals surface area contributed by atoms with Gasteiger partial charge in [-0.25, -0.2) is 0 Å². The largest absolute Gasteiger partial charge is 0.494 e. The van der Waals surface area contributed by atoms with Crippen LogP contribution in [0, 0.1) is 0 Å². The second kappa shape index (κ2) is 4.50. The van der Waals surface area contributed by atoms with Gasteiger partial charge in [0, 0.05) is 6.92 Å². The summed E-state index contributed by atoms with van der Waals surface area (Å²) in [6.07, 6.45) is 0. The summed E-state index contributed by atoms with van der Waals surface area (Å²) in [5.41, 5.74) is 0. The third-order valence-electron chi connectivity index (χ3n) is 1.40. The van der Waals surface area contributed by atoms with Gasteiger partial charge in [0.2, 0.25) is 0 Å². The van der Waals surface area contributed by atoms with Crippen LogP contribution in [0.2, 0.25) is 0 Å². The van der Waals surface area contributed by atoms with Crippen molar-refractivity contribution < 1.29 is 14.3 Å². The van der Waals surface area contributed by atoms with E-state index in [1.54, 1.807) is 24.3 Å². The standard InChI is InChI=1S/C10H12O3/c1-3-12-9-4-6-10(7-5-9)13-8(2)11/h4-7H,3H2,1-2H3. The maximum absolute atomic E-state index is 10.6. The molecule has 0 spiro atoms. The van der Waals surface area contributed by atoms with Crippen LogP contribution in [0.25, 0.3) is 0 Å². The molecule has 3 heteroatoms. The van der Waals surface area contributed by atoms with Crippen molar-refractivity contribution in [3.63, 3.8) is 0 Å². The van der Waals surface area contributed by atoms with E-state index in [9.17, 15) is 4.79 Å². The van der Waals surface area contributed by atoms with E-state index in [-0.39, 0.29) is 5.97 Å². The molecule has 0 saturated heterocycles. The zero-order chi connectivity index (χ0) is 9.68. The average molecular weight is 180 g/mol. The molecule has 0 aliphatic rings. The number of carbonyl (C=O) groups is 1. The maximum atomic E-state index is 10.6. The molecule has 3 nitrogen and oxygen atoms in total. The predicted molar refractivity (Wildman–Crippen MR) is 48.9 cm³/mol. The quantitative estimate of drug-likeness (QED) is 0.527. The Kier molecular flexibility index (Phi) is 3.31. The van der Waals surface area contributed by atoms with Gasteiger partial charge in [0.25, 0.3) is 0 Å². The number of hydrogen-bond acceptors (Lipinski definition) is 3. The van der Waals surface area contributed by atoms with Crippen LogP contribution >= 0.6 is 0 Å². The summed E-state index contributed by atoms with van der Waals surface area (Å²) in [5, 5.41) is 0. The van der Waals surface area contributed by atoms with E-state index in [1.165, 1.54) is 6.92 Å². The van der Waals surface area contributed by atoms with Crippen LogP contribution in [0.1, 0.15) is 13.8 Å². The molecule has 0 fully saturated rings. The zero-order valence-corrected chi connectivity index (χ0v) is 7.74. The summed E-state index contributed by atoms with van der Waals surface area (Å²) in [4.78, 5) is 10.6. The number of ether oxygens (including phenoxy) is 2. The number of esters is 1. The van der Waals surface area contributed by atoms with Crippen molar-refractivity contribution in [3.05, 3.63) is 24.3 Å². The first-order valence-corrected chi connectivity index (χ1v) is 4.13. The Morgan fingerprint density at radius 2 is 1.77 bits per heavy atom. The van der Waals surface area contributed by atoms with Gasteiger partial charge in [0.15, 0.2) is 0 Å². The molecule has 0 atom stereocenters. The van der Waals surface area contributed by atoms with Crippen molar-refractivity contribution in [1.29, 1.82) is 0 Å². The highest BCUT2D eigenvalue weighted by Crippen LogP contribution is 2.17. The third-order valence-corrected chi connectivity index (χ3v) is 1.40. The van der Waals surface area contributed by atoms with Gasteiger partial charge in [0.05, 0.1) is 6.61 Å². The fourth-order valence-corrected chi connectivity index (χ4v) is 0.937. The lowest BCUT2D eigenvalue weighted by Gasteiger charge is -2.04. The van der Waals surface area contributed by atoms with E-state index in [4.69, 9.17) is 9.47 Å². The minimum Gasteiger partial charge on any atom is -0.494 e. The molecule has 0 aliphatic carbocycles. The minimum absolute atomic E-state index is 0.316. The lowest BCUT2D eigenvalue weighted by molar-refractivity contribution is -0.131. The molecule has 0 radical (unpaired) electrons. The number of rotatable bonds is 3. The second-order valence-corrected chi connectivity index (χ2v) is 2.50. The maximum Gasteiger partial charge on any atom is 0.308 e. The van der Waals surface area contributed by atoms with Crippen molar-refractivity contribution in [1.82, 2.24) is 0 Å². The Morgan fingerprint density at radius 1 is 1.23 bits per heavy atom. The van der Waals surface area contributed by atoms with Crippen LogP contribution in [0.5, 0.6) is 11.5 Å². The van der Waals surface area contributed by atoms with Gasteiger partial charge in [-0.1, -0.05) is 0 Å². The summed E-state index contributed by atoms with van der Waals surface area (Å²) in [7, 11) is 0. The van der Waals surface area contributed by atoms with Crippen LogP contribution in [0.15, 0.2) is 24.3 Å². The van der Waals surface area contributed by atoms with Gasteiger partial charge in [-0.3, -0.25) is 4.79 Å². The highest BCUT2D eigenvalue weighted by molar-refractivity contribution is 5.69. The van der Waals surface area contributed by atoms with Gasteiger partial charge in [-0.05, 0) is 31.2 Å². The molecule has 0 aliphatic heterocycles. The number of carbonyl (C=O) groups excluding carboxylic acids is 1. The van der Waals surface area contributed by atoms with E-state index in [0.29, 0.717) is 12.4 Å². The first-order valence-electron chi connectivity index (χ1n) is 4.13. The van der Waals surface area contributed by atoms with Gasteiger partial charge in [-0.15, -0.1) is 0 Å². The SMILES string of the molecule is CCOc1ccc(OC(C)=O)cc1. The Labute approximate surface area is 77.3 Å². The average Bonchev–Trinajstić information content (AvgIpc) is 2.08. The summed E-state index contributed by atoms with van der Waals surface area (Å²) in [6.45, 7) is 3.92. The van der Waals surface area contributed by atoms with Gasteiger partial charge >= 0.3 is 5.97 Å². The van der Waals surface area contributed by atoms with Gasteiger partial charge in [-0.2, -0.15) is 0 Å². The molecule has 0 bridgehead atoms. The zero-order valence-electron chi connectivity index (χ0n) is 7.74. The second-order valence-electron chi connectivity index (χ2n) is 2.50. The molecular weight excluding hydrogens is 168 g/mol. The normalized spacial score (nSPS) is 9.38. The minimum atomic E-state index is -0.316. The van der Waals surface area contributed by atoms with Gasteiger partial charge < -0.3 is 9.47 Å². The fourth-order valence-electron chi connectivity index (χ4n) is 0.937. The molecule has 1 aromatic rings. The lowest BCUT2D eigenvalue weighted by atomic mass is 10.3. The van der Waals surface area contributed by atoms with E-state index < -0.39 is 0 Å². The molecule has 0 unspecified atom stereocenters. The Balaban J connectivity index is 2.64. The summed E-state index contributed by atoms with van der Waals surface area (Å²) >= 11 is 0. The molecule has 1 aromatic carbocycles. The van der Waals surface area contributed by atoms with E-state index >= 15 is 0 Å². The monoisotopic (exact) mass is 180 g/mol. The fraction of sp³-hybridized carbons (Fsp3) is 0.300. The highest BCUT2D eigenvalue weighted by Gasteiger charge is 1.97. The summed E-state index contributed by atoms with van der Waals surface area (Å²) < 4.78 is 10.1. The van der Waals surface area contributed by atoms with Crippen molar-refractivity contribution in [3.8, 4) is 11.5 Å². The number of hydrogen-bond donors (Lipinski definition) is 0. The van der Waals surface area contributed by atoms with E-state index in [2.05, 4.69) is 0 Å². The Hall–Kier alpha value is -1.51. The highest BCUT2D eigenvalue weighted by atomic mass is 16.5. The van der Waals surface area contributed by atoms with Crippen LogP contribution in [-0.4, -0.2) is 12.6 Å². The van der Waals surface area contributed by atoms with Crippen LogP contribution in [0.4, 0.5) is 0 Å². The topological polar surface area (TPSA) is 35.5 Å². The smallest absolute Gasteiger partial charge is 0.308 e. The predicted octanol–water partition coefficient (Wildman–Crippen LogP) is 2.01. The Bertz CT molecular complexity index is 277. The van der Waals surface area contributed by atoms with Crippen LogP contribution in [0.3, 0.4) is 0 Å². The van der Waals surface area contributed by atoms with Crippen molar-refractivity contribution >= 4 is 5.97 Å². The summed E-state index contributed by atoms with van der Waals surface area (Å²) in [6, 6.07) is 6.93. The molecule has 0 saturated carbocycles. The van der Waals surface area contributed by atoms with E-state index in [1.807, 2.05) is 6.92 Å². The van der Waals surface area contributed by atoms with E-state index in [0.717, 1.165) is 5.75 Å². The number of benzene rings is 1. The van der Waals surface area contributed by atoms with Crippen molar-refractivity contribution in [2.75, 3.05) is 6.61 Å². The molecule has 0 heterocycles. The molecule has 70 valence electrons. The molecule has 0 N–H and O–H groups in total. The molecule has 0 amide bonds. The molecule has 0 aromatic heterocycles. The first-order chi connectivity index (χ1) is 6.22. The molecule has 1 rings (SSSR count). The lowest BCUT2D eigenvalue weighted by Crippen LogP contribution is -2.01. The van der Waals surface area contributed by atoms with Crippen LogP contribution in [-0.2, 0) is 4.79 Å². The molecule has 13 heavy (non-hydrogen) atoms. The third kappa shape index (κ3) is 3.15. The van der Waals surface area contributed by atoms with Crippen molar-refractivity contribution in [2.24, 2.45) is 0 Å². The molecular formula is C10H12O3. The first kappa shape index (κ1) is 9.58. The Morgan fingerprint density at radius 3 is 2.23 bits per heavy atom. The van der Waals surface area contributed by atoms with Crippen LogP contribution < -0.4 is 9.47 Å². The summed E-state index contributed by atoms with van der Waals surface area (Å²) in [5.74, 6) is 0.999. The van der Waals surface area contributed by atoms with Gasteiger partial charge in [0.1, 0.15) is 11.5 Å².